The van der Waals surface area contributed by atoms with Gasteiger partial charge in [-0.1, -0.05) is 25.1 Å². The zero-order valence-corrected chi connectivity index (χ0v) is 19.9. The van der Waals surface area contributed by atoms with Crippen molar-refractivity contribution >= 4 is 12.7 Å². The molecule has 0 amide bonds. The first-order valence-corrected chi connectivity index (χ1v) is 11.6. The summed E-state index contributed by atoms with van der Waals surface area (Å²) in [5, 5.41) is 0. The number of nitrogens with zero attached hydrogens (tertiary/aromatic N) is 3. The van der Waals surface area contributed by atoms with Crippen LogP contribution in [0.1, 0.15) is 24.7 Å². The third-order valence-electron chi connectivity index (χ3n) is 6.33. The van der Waals surface area contributed by atoms with Gasteiger partial charge < -0.3 is 27.1 Å². The highest BCUT2D eigenvalue weighted by molar-refractivity contribution is 6.60. The van der Waals surface area contributed by atoms with Crippen molar-refractivity contribution in [2.75, 3.05) is 20.8 Å². The van der Waals surface area contributed by atoms with Gasteiger partial charge in [0.15, 0.2) is 5.82 Å². The molecule has 0 bridgehead atoms. The number of halogens is 2. The van der Waals surface area contributed by atoms with Crippen molar-refractivity contribution < 1.29 is 22.6 Å². The molecule has 35 heavy (non-hydrogen) atoms. The van der Waals surface area contributed by atoms with E-state index >= 15 is 8.63 Å². The Morgan fingerprint density at radius 1 is 0.800 bits per heavy atom. The molecule has 178 valence electrons. The Balaban J connectivity index is 1.81. The molecule has 0 spiro atoms. The topological polar surface area (TPSA) is 39.3 Å². The molecule has 0 radical (unpaired) electrons. The summed E-state index contributed by atoms with van der Waals surface area (Å²) in [6.45, 7) is -2.00. The van der Waals surface area contributed by atoms with Gasteiger partial charge in [-0.15, -0.1) is 0 Å². The van der Waals surface area contributed by atoms with Gasteiger partial charge in [0, 0.05) is 16.8 Å². The number of hydrogen-bond donors (Lipinski definition) is 0. The molecule has 1 aromatic heterocycles. The molecule has 0 fully saturated rings. The first-order valence-electron chi connectivity index (χ1n) is 11.6. The molecule has 0 N–H and O–H groups in total. The summed E-state index contributed by atoms with van der Waals surface area (Å²) in [4.78, 5) is 4.87. The zero-order valence-electron chi connectivity index (χ0n) is 19.9. The number of methoxy groups -OCH3 is 2. The number of benzene rings is 3. The number of rotatable bonds is 7. The smallest absolute Gasteiger partial charge is 0.497 e. The SMILES string of the molecule is CCC[N+]1=C(c2ccccc2)c2nc(-c3ccc(OC)cc3)c(-c3ccc(OC)cc3)n2[B-]1(F)F. The fourth-order valence-corrected chi connectivity index (χ4v) is 4.70. The average Bonchev–Trinajstić information content (AvgIpc) is 3.39. The van der Waals surface area contributed by atoms with Crippen LogP contribution in [0.2, 0.25) is 0 Å². The van der Waals surface area contributed by atoms with Gasteiger partial charge in [0.1, 0.15) is 11.5 Å². The summed E-state index contributed by atoms with van der Waals surface area (Å²) in [7, 11) is 3.17. The molecule has 5 nitrogen and oxygen atoms in total. The molecule has 2 heterocycles. The second kappa shape index (κ2) is 9.02. The van der Waals surface area contributed by atoms with Crippen LogP contribution in [0.15, 0.2) is 78.9 Å². The van der Waals surface area contributed by atoms with Crippen molar-refractivity contribution in [1.82, 2.24) is 9.46 Å². The van der Waals surface area contributed by atoms with Crippen LogP contribution in [-0.4, -0.2) is 47.4 Å². The van der Waals surface area contributed by atoms with Crippen LogP contribution < -0.4 is 9.47 Å². The number of aromatic nitrogens is 2. The molecular weight excluding hydrogens is 447 g/mol. The molecule has 1 aliphatic rings. The van der Waals surface area contributed by atoms with E-state index in [4.69, 9.17) is 14.5 Å². The Kier molecular flexibility index (Phi) is 5.89. The van der Waals surface area contributed by atoms with Crippen molar-refractivity contribution in [1.29, 1.82) is 0 Å². The quantitative estimate of drug-likeness (QED) is 0.322. The van der Waals surface area contributed by atoms with E-state index in [0.717, 1.165) is 10.0 Å². The molecule has 8 heteroatoms. The highest BCUT2D eigenvalue weighted by atomic mass is 19.2. The zero-order chi connectivity index (χ0) is 24.6. The lowest BCUT2D eigenvalue weighted by Crippen LogP contribution is -2.45. The van der Waals surface area contributed by atoms with Gasteiger partial charge in [-0.3, -0.25) is 0 Å². The van der Waals surface area contributed by atoms with E-state index in [1.165, 1.54) is 4.49 Å². The molecular formula is C27H26BF2N3O2. The van der Waals surface area contributed by atoms with Crippen LogP contribution in [0, 0.1) is 0 Å². The van der Waals surface area contributed by atoms with Gasteiger partial charge >= 0.3 is 6.97 Å². The number of fused-ring (bicyclic) bond motifs is 1. The minimum absolute atomic E-state index is 0.223. The monoisotopic (exact) mass is 473 g/mol. The van der Waals surface area contributed by atoms with Crippen molar-refractivity contribution in [3.05, 3.63) is 90.3 Å². The summed E-state index contributed by atoms with van der Waals surface area (Å²) in [6, 6.07) is 23.8. The van der Waals surface area contributed by atoms with Gasteiger partial charge in [-0.25, -0.2) is 4.98 Å². The maximum Gasteiger partial charge on any atom is 0.733 e. The molecule has 0 saturated heterocycles. The maximum atomic E-state index is 16.3. The van der Waals surface area contributed by atoms with Crippen molar-refractivity contribution in [3.63, 3.8) is 0 Å². The fourth-order valence-electron chi connectivity index (χ4n) is 4.70. The minimum Gasteiger partial charge on any atom is -0.497 e. The lowest BCUT2D eigenvalue weighted by Gasteiger charge is -2.22. The van der Waals surface area contributed by atoms with Gasteiger partial charge in [0.05, 0.1) is 26.5 Å². The number of hydrogen-bond acceptors (Lipinski definition) is 3. The normalized spacial score (nSPS) is 14.2. The van der Waals surface area contributed by atoms with Gasteiger partial charge in [0.2, 0.25) is 5.71 Å². The van der Waals surface area contributed by atoms with E-state index in [1.807, 2.05) is 61.5 Å². The molecule has 5 rings (SSSR count). The minimum atomic E-state index is -4.13. The van der Waals surface area contributed by atoms with Crippen LogP contribution in [0.25, 0.3) is 22.5 Å². The Hall–Kier alpha value is -3.94. The summed E-state index contributed by atoms with van der Waals surface area (Å²) in [6.07, 6.45) is 0.585. The van der Waals surface area contributed by atoms with E-state index in [-0.39, 0.29) is 12.4 Å². The Morgan fingerprint density at radius 2 is 1.37 bits per heavy atom. The molecule has 1 aliphatic heterocycles. The highest BCUT2D eigenvalue weighted by Crippen LogP contribution is 2.40. The first kappa shape index (κ1) is 22.8. The molecule has 3 aromatic carbocycles. The predicted molar refractivity (Wildman–Crippen MR) is 135 cm³/mol. The Morgan fingerprint density at radius 3 is 1.91 bits per heavy atom. The Labute approximate surface area is 203 Å². The van der Waals surface area contributed by atoms with E-state index in [9.17, 15) is 0 Å². The van der Waals surface area contributed by atoms with E-state index in [0.29, 0.717) is 46.1 Å². The lowest BCUT2D eigenvalue weighted by atomic mass is 9.93. The average molecular weight is 473 g/mol. The van der Waals surface area contributed by atoms with Crippen LogP contribution in [-0.2, 0) is 0 Å². The molecule has 0 saturated carbocycles. The van der Waals surface area contributed by atoms with Crippen molar-refractivity contribution in [2.24, 2.45) is 0 Å². The van der Waals surface area contributed by atoms with Gasteiger partial charge in [0.25, 0.3) is 0 Å². The Bertz CT molecular complexity index is 1380. The highest BCUT2D eigenvalue weighted by Gasteiger charge is 2.55. The van der Waals surface area contributed by atoms with Gasteiger partial charge in [-0.2, -0.15) is 0 Å². The second-order valence-electron chi connectivity index (χ2n) is 8.46. The van der Waals surface area contributed by atoms with Crippen molar-refractivity contribution in [3.8, 4) is 34.0 Å². The van der Waals surface area contributed by atoms with E-state index in [1.54, 1.807) is 38.5 Å². The number of ether oxygens (including phenoxy) is 2. The number of imidazole rings is 1. The predicted octanol–water partition coefficient (Wildman–Crippen LogP) is 5.73. The molecule has 0 atom stereocenters. The summed E-state index contributed by atoms with van der Waals surface area (Å²) >= 11 is 0. The fraction of sp³-hybridized carbons (Fsp3) is 0.185. The van der Waals surface area contributed by atoms with Gasteiger partial charge in [-0.05, 0) is 72.6 Å². The van der Waals surface area contributed by atoms with Crippen LogP contribution in [0.3, 0.4) is 0 Å². The van der Waals surface area contributed by atoms with E-state index < -0.39 is 6.97 Å². The third kappa shape index (κ3) is 3.79. The third-order valence-corrected chi connectivity index (χ3v) is 6.33. The van der Waals surface area contributed by atoms with Crippen molar-refractivity contribution in [2.45, 2.75) is 13.3 Å². The van der Waals surface area contributed by atoms with Crippen LogP contribution in [0.4, 0.5) is 8.63 Å². The standard InChI is InChI=1S/C27H26BF2N3O2/c1-4-18-32-26(20-8-6-5-7-9-20)27-31-24(19-10-14-22(34-2)15-11-19)25(33(27)28(32,29)30)21-12-16-23(35-3)17-13-21/h5-17H,4,18H2,1-3H3. The maximum absolute atomic E-state index is 16.3. The van der Waals surface area contributed by atoms with Crippen LogP contribution in [0.5, 0.6) is 11.5 Å². The lowest BCUT2D eigenvalue weighted by molar-refractivity contribution is -0.420. The summed E-state index contributed by atoms with van der Waals surface area (Å²) < 4.78 is 45.6. The summed E-state index contributed by atoms with van der Waals surface area (Å²) in [5.41, 5.74) is 3.42. The molecule has 4 aromatic rings. The summed E-state index contributed by atoms with van der Waals surface area (Å²) in [5.74, 6) is 1.61. The first-order chi connectivity index (χ1) is 17.0. The van der Waals surface area contributed by atoms with Crippen LogP contribution >= 0.6 is 0 Å². The largest absolute Gasteiger partial charge is 0.733 e. The second-order valence-corrected chi connectivity index (χ2v) is 8.46. The molecule has 0 aliphatic carbocycles. The molecule has 0 unspecified atom stereocenters. The van der Waals surface area contributed by atoms with E-state index in [2.05, 4.69) is 0 Å².